The molecule has 0 N–H and O–H groups in total. The third-order valence-electron chi connectivity index (χ3n) is 3.16. The predicted molar refractivity (Wildman–Crippen MR) is 75.2 cm³/mol. The van der Waals surface area contributed by atoms with Gasteiger partial charge in [0.1, 0.15) is 6.54 Å². The number of thiophene rings is 1. The van der Waals surface area contributed by atoms with Gasteiger partial charge in [0.05, 0.1) is 5.39 Å². The average molecular weight is 343 g/mol. The fourth-order valence-corrected chi connectivity index (χ4v) is 3.66. The minimum absolute atomic E-state index is 0.0376. The number of fused-ring (bicyclic) bond motifs is 1. The summed E-state index contributed by atoms with van der Waals surface area (Å²) in [5.41, 5.74) is -0.273. The number of aromatic nitrogens is 3. The molecule has 0 radical (unpaired) electrons. The van der Waals surface area contributed by atoms with Gasteiger partial charge in [-0.25, -0.2) is 4.68 Å². The van der Waals surface area contributed by atoms with Crippen molar-refractivity contribution in [3.8, 4) is 0 Å². The lowest BCUT2D eigenvalue weighted by molar-refractivity contribution is -0.131. The van der Waals surface area contributed by atoms with E-state index in [0.29, 0.717) is 14.7 Å². The van der Waals surface area contributed by atoms with Crippen molar-refractivity contribution >= 4 is 43.4 Å². The third kappa shape index (κ3) is 2.30. The maximum Gasteiger partial charge on any atom is 0.280 e. The van der Waals surface area contributed by atoms with Crippen molar-refractivity contribution in [3.05, 3.63) is 20.2 Å². The van der Waals surface area contributed by atoms with Crippen molar-refractivity contribution in [2.75, 3.05) is 13.1 Å². The van der Waals surface area contributed by atoms with Crippen LogP contribution in [0, 0.1) is 0 Å². The molecule has 6 nitrogen and oxygen atoms in total. The third-order valence-corrected chi connectivity index (χ3v) is 4.95. The standard InChI is InChI=1S/C11H11BrN4O2S/c12-7-6-19-10-9(7)11(18)16(14-13-10)5-8(17)15-3-1-2-4-15/h6H,1-5H2. The highest BCUT2D eigenvalue weighted by molar-refractivity contribution is 9.10. The van der Waals surface area contributed by atoms with E-state index in [2.05, 4.69) is 26.2 Å². The first kappa shape index (κ1) is 12.7. The van der Waals surface area contributed by atoms with E-state index in [1.807, 2.05) is 0 Å². The van der Waals surface area contributed by atoms with Crippen molar-refractivity contribution in [2.45, 2.75) is 19.4 Å². The molecule has 8 heteroatoms. The van der Waals surface area contributed by atoms with Crippen molar-refractivity contribution in [2.24, 2.45) is 0 Å². The summed E-state index contributed by atoms with van der Waals surface area (Å²) in [6.07, 6.45) is 2.06. The van der Waals surface area contributed by atoms with E-state index in [0.717, 1.165) is 30.6 Å². The van der Waals surface area contributed by atoms with Gasteiger partial charge in [-0.15, -0.1) is 16.4 Å². The molecule has 0 atom stereocenters. The second kappa shape index (κ2) is 5.01. The number of rotatable bonds is 2. The van der Waals surface area contributed by atoms with Gasteiger partial charge in [0.15, 0.2) is 4.83 Å². The van der Waals surface area contributed by atoms with Crippen LogP contribution in [0.25, 0.3) is 10.2 Å². The Morgan fingerprint density at radius 3 is 2.89 bits per heavy atom. The minimum atomic E-state index is -0.273. The van der Waals surface area contributed by atoms with Gasteiger partial charge in [0.25, 0.3) is 5.56 Å². The number of amides is 1. The second-order valence-electron chi connectivity index (χ2n) is 4.40. The van der Waals surface area contributed by atoms with E-state index in [9.17, 15) is 9.59 Å². The number of halogens is 1. The fraction of sp³-hybridized carbons (Fsp3) is 0.455. The summed E-state index contributed by atoms with van der Waals surface area (Å²) in [6.45, 7) is 1.50. The monoisotopic (exact) mass is 342 g/mol. The zero-order valence-corrected chi connectivity index (χ0v) is 12.4. The van der Waals surface area contributed by atoms with Crippen LogP contribution in [0.3, 0.4) is 0 Å². The van der Waals surface area contributed by atoms with E-state index in [1.165, 1.54) is 11.3 Å². The smallest absolute Gasteiger partial charge is 0.280 e. The van der Waals surface area contributed by atoms with Gasteiger partial charge in [-0.3, -0.25) is 9.59 Å². The molecular formula is C11H11BrN4O2S. The summed E-state index contributed by atoms with van der Waals surface area (Å²) in [4.78, 5) is 26.6. The zero-order chi connectivity index (χ0) is 13.4. The van der Waals surface area contributed by atoms with Crippen LogP contribution in [-0.4, -0.2) is 38.9 Å². The molecule has 0 spiro atoms. The van der Waals surface area contributed by atoms with Crippen LogP contribution in [0.1, 0.15) is 12.8 Å². The normalized spacial score (nSPS) is 15.3. The van der Waals surface area contributed by atoms with Gasteiger partial charge in [-0.05, 0) is 28.8 Å². The number of carbonyl (C=O) groups excluding carboxylic acids is 1. The molecule has 0 aliphatic carbocycles. The molecule has 1 saturated heterocycles. The number of nitrogens with zero attached hydrogens (tertiary/aromatic N) is 4. The SMILES string of the molecule is O=C(Cn1nnc2scc(Br)c2c1=O)N1CCCC1. The molecule has 1 aliphatic heterocycles. The van der Waals surface area contributed by atoms with Crippen LogP contribution in [0.5, 0.6) is 0 Å². The summed E-state index contributed by atoms with van der Waals surface area (Å²) in [6, 6.07) is 0. The minimum Gasteiger partial charge on any atom is -0.341 e. The molecule has 0 saturated carbocycles. The van der Waals surface area contributed by atoms with Crippen LogP contribution in [0.15, 0.2) is 14.6 Å². The molecule has 0 aromatic carbocycles. The van der Waals surface area contributed by atoms with Gasteiger partial charge in [-0.1, -0.05) is 5.21 Å². The highest BCUT2D eigenvalue weighted by atomic mass is 79.9. The largest absolute Gasteiger partial charge is 0.341 e. The van der Waals surface area contributed by atoms with Crippen molar-refractivity contribution in [3.63, 3.8) is 0 Å². The number of hydrogen-bond acceptors (Lipinski definition) is 5. The van der Waals surface area contributed by atoms with E-state index in [1.54, 1.807) is 10.3 Å². The Morgan fingerprint density at radius 2 is 2.16 bits per heavy atom. The molecule has 1 amide bonds. The molecular weight excluding hydrogens is 332 g/mol. The van der Waals surface area contributed by atoms with Crippen LogP contribution in [0.2, 0.25) is 0 Å². The summed E-state index contributed by atoms with van der Waals surface area (Å²) in [5.74, 6) is -0.0698. The molecule has 2 aromatic heterocycles. The van der Waals surface area contributed by atoms with Crippen molar-refractivity contribution in [1.29, 1.82) is 0 Å². The summed E-state index contributed by atoms with van der Waals surface area (Å²) < 4.78 is 1.84. The molecule has 100 valence electrons. The lowest BCUT2D eigenvalue weighted by Crippen LogP contribution is -2.36. The molecule has 1 fully saturated rings. The fourth-order valence-electron chi connectivity index (χ4n) is 2.16. The summed E-state index contributed by atoms with van der Waals surface area (Å²) in [5, 5.41) is 10.1. The van der Waals surface area contributed by atoms with Crippen LogP contribution in [0.4, 0.5) is 0 Å². The lowest BCUT2D eigenvalue weighted by Gasteiger charge is -2.14. The van der Waals surface area contributed by atoms with Crippen molar-refractivity contribution in [1.82, 2.24) is 19.9 Å². The summed E-state index contributed by atoms with van der Waals surface area (Å²) in [7, 11) is 0. The Hall–Kier alpha value is -1.28. The maximum atomic E-state index is 12.2. The molecule has 0 bridgehead atoms. The number of hydrogen-bond donors (Lipinski definition) is 0. The average Bonchev–Trinajstić information content (AvgIpc) is 3.03. The number of likely N-dealkylation sites (tertiary alicyclic amines) is 1. The second-order valence-corrected chi connectivity index (χ2v) is 6.12. The van der Waals surface area contributed by atoms with Gasteiger partial charge in [0.2, 0.25) is 5.91 Å². The highest BCUT2D eigenvalue weighted by Crippen LogP contribution is 2.24. The molecule has 2 aromatic rings. The molecule has 3 heterocycles. The Kier molecular flexibility index (Phi) is 3.36. The lowest BCUT2D eigenvalue weighted by atomic mass is 10.4. The van der Waals surface area contributed by atoms with Gasteiger partial charge in [-0.2, -0.15) is 0 Å². The Morgan fingerprint density at radius 1 is 1.42 bits per heavy atom. The first-order valence-corrected chi connectivity index (χ1v) is 7.62. The topological polar surface area (TPSA) is 68.1 Å². The predicted octanol–water partition coefficient (Wildman–Crippen LogP) is 1.24. The van der Waals surface area contributed by atoms with E-state index in [4.69, 9.17) is 0 Å². The van der Waals surface area contributed by atoms with Crippen molar-refractivity contribution < 1.29 is 4.79 Å². The van der Waals surface area contributed by atoms with E-state index in [-0.39, 0.29) is 18.0 Å². The van der Waals surface area contributed by atoms with Crippen LogP contribution < -0.4 is 5.56 Å². The van der Waals surface area contributed by atoms with Gasteiger partial charge in [0, 0.05) is 22.9 Å². The Labute approximate surface area is 121 Å². The molecule has 3 rings (SSSR count). The van der Waals surface area contributed by atoms with Crippen LogP contribution >= 0.6 is 27.3 Å². The van der Waals surface area contributed by atoms with Gasteiger partial charge < -0.3 is 4.90 Å². The zero-order valence-electron chi connectivity index (χ0n) is 10.0. The molecule has 0 unspecified atom stereocenters. The molecule has 1 aliphatic rings. The Bertz CT molecular complexity index is 690. The molecule has 19 heavy (non-hydrogen) atoms. The first-order valence-electron chi connectivity index (χ1n) is 5.95. The van der Waals surface area contributed by atoms with Crippen LogP contribution in [-0.2, 0) is 11.3 Å². The Balaban J connectivity index is 1.92. The van der Waals surface area contributed by atoms with Gasteiger partial charge >= 0.3 is 0 Å². The maximum absolute atomic E-state index is 12.2. The van der Waals surface area contributed by atoms with E-state index >= 15 is 0 Å². The highest BCUT2D eigenvalue weighted by Gasteiger charge is 2.20. The summed E-state index contributed by atoms with van der Waals surface area (Å²) >= 11 is 4.67. The quantitative estimate of drug-likeness (QED) is 0.823. The van der Waals surface area contributed by atoms with E-state index < -0.39 is 0 Å². The number of carbonyl (C=O) groups is 1. The first-order chi connectivity index (χ1) is 9.16.